The average molecular weight is 428 g/mol. The van der Waals surface area contributed by atoms with Crippen LogP contribution in [-0.2, 0) is 23.7 Å². The molecule has 2 fully saturated rings. The van der Waals surface area contributed by atoms with E-state index in [1.807, 2.05) is 0 Å². The van der Waals surface area contributed by atoms with E-state index >= 15 is 0 Å². The van der Waals surface area contributed by atoms with E-state index in [1.165, 1.54) is 30.9 Å². The number of nitrogens with zero attached hydrogens (tertiary/aromatic N) is 4. The zero-order valence-corrected chi connectivity index (χ0v) is 17.4. The number of hydrogen-bond donors (Lipinski definition) is 2. The van der Waals surface area contributed by atoms with Crippen molar-refractivity contribution in [3.63, 3.8) is 0 Å². The molecule has 0 atom stereocenters. The van der Waals surface area contributed by atoms with E-state index in [1.54, 1.807) is 0 Å². The highest BCUT2D eigenvalue weighted by atomic mass is 16.2. The zero-order chi connectivity index (χ0) is 22.3. The fraction of sp³-hybridized carbons (Fsp3) is 0.500. The summed E-state index contributed by atoms with van der Waals surface area (Å²) in [6.45, 7) is -0.0322. The normalized spacial score (nSPS) is 17.9. The number of aromatic nitrogens is 3. The first-order valence-corrected chi connectivity index (χ1v) is 10.2. The number of anilines is 1. The molecule has 0 aromatic carbocycles. The number of pyridine rings is 1. The molecule has 2 aromatic rings. The average Bonchev–Trinajstić information content (AvgIpc) is 2.98. The molecule has 1 saturated heterocycles. The Morgan fingerprint density at radius 2 is 1.84 bits per heavy atom. The molecule has 3 heterocycles. The van der Waals surface area contributed by atoms with Gasteiger partial charge in [-0.1, -0.05) is 19.3 Å². The fourth-order valence-corrected chi connectivity index (χ4v) is 4.34. The van der Waals surface area contributed by atoms with Crippen LogP contribution in [0.3, 0.4) is 0 Å². The highest BCUT2D eigenvalue weighted by Gasteiger charge is 2.51. The monoisotopic (exact) mass is 428 g/mol. The van der Waals surface area contributed by atoms with Gasteiger partial charge >= 0.3 is 11.7 Å². The van der Waals surface area contributed by atoms with E-state index in [9.17, 15) is 24.0 Å². The largest absolute Gasteiger partial charge is 0.332 e. The first kappa shape index (κ1) is 20.8. The predicted octanol–water partition coefficient (Wildman–Crippen LogP) is 0.216. The van der Waals surface area contributed by atoms with Gasteiger partial charge in [-0.15, -0.1) is 0 Å². The van der Waals surface area contributed by atoms with Crippen LogP contribution in [0, 0.1) is 0 Å². The van der Waals surface area contributed by atoms with Gasteiger partial charge in [0.1, 0.15) is 11.2 Å². The Morgan fingerprint density at radius 1 is 1.13 bits per heavy atom. The summed E-state index contributed by atoms with van der Waals surface area (Å²) in [5.41, 5.74) is -1.33. The molecule has 1 saturated carbocycles. The molecule has 164 valence electrons. The molecule has 11 heteroatoms. The van der Waals surface area contributed by atoms with E-state index in [0.29, 0.717) is 12.8 Å². The Bertz CT molecular complexity index is 1210. The van der Waals surface area contributed by atoms with Crippen molar-refractivity contribution in [3.8, 4) is 0 Å². The Kier molecular flexibility index (Phi) is 5.11. The molecule has 0 unspecified atom stereocenters. The molecule has 2 aliphatic rings. The van der Waals surface area contributed by atoms with Gasteiger partial charge in [-0.25, -0.2) is 14.6 Å². The number of hydrogen-bond acceptors (Lipinski definition) is 6. The van der Waals surface area contributed by atoms with Crippen LogP contribution in [0.5, 0.6) is 0 Å². The van der Waals surface area contributed by atoms with Crippen LogP contribution in [0.25, 0.3) is 11.0 Å². The van der Waals surface area contributed by atoms with Crippen molar-refractivity contribution in [2.75, 3.05) is 11.9 Å². The van der Waals surface area contributed by atoms with Crippen molar-refractivity contribution >= 4 is 34.6 Å². The molecule has 2 aromatic heterocycles. The summed E-state index contributed by atoms with van der Waals surface area (Å²) in [6, 6.07) is 0.990. The third-order valence-electron chi connectivity index (χ3n) is 6.09. The summed E-state index contributed by atoms with van der Waals surface area (Å²) in [5.74, 6) is -0.685. The number of carbonyl (C=O) groups is 3. The SMILES string of the molecule is Cn1c(=O)c2cc(NC(=O)CCN3C(=O)NC4(CCCCC4)C3=O)cnc2n(C)c1=O. The Hall–Kier alpha value is -3.50. The van der Waals surface area contributed by atoms with E-state index in [4.69, 9.17) is 0 Å². The topological polar surface area (TPSA) is 135 Å². The van der Waals surface area contributed by atoms with E-state index in [2.05, 4.69) is 15.6 Å². The van der Waals surface area contributed by atoms with Gasteiger partial charge in [0.05, 0.1) is 17.3 Å². The zero-order valence-electron chi connectivity index (χ0n) is 17.4. The first-order chi connectivity index (χ1) is 14.7. The second kappa shape index (κ2) is 7.64. The van der Waals surface area contributed by atoms with Crippen LogP contribution < -0.4 is 21.9 Å². The smallest absolute Gasteiger partial charge is 0.325 e. The Morgan fingerprint density at radius 3 is 2.55 bits per heavy atom. The summed E-state index contributed by atoms with van der Waals surface area (Å²) in [5, 5.41) is 5.64. The van der Waals surface area contributed by atoms with Crippen LogP contribution in [0.4, 0.5) is 10.5 Å². The molecule has 4 rings (SSSR count). The molecular weight excluding hydrogens is 404 g/mol. The summed E-state index contributed by atoms with van der Waals surface area (Å²) in [4.78, 5) is 67.1. The Labute approximate surface area is 177 Å². The van der Waals surface area contributed by atoms with E-state index in [-0.39, 0.29) is 35.6 Å². The van der Waals surface area contributed by atoms with Crippen molar-refractivity contribution in [1.29, 1.82) is 0 Å². The van der Waals surface area contributed by atoms with Crippen molar-refractivity contribution in [2.45, 2.75) is 44.1 Å². The minimum Gasteiger partial charge on any atom is -0.325 e. The highest BCUT2D eigenvalue weighted by molar-refractivity contribution is 6.07. The number of aryl methyl sites for hydroxylation is 1. The van der Waals surface area contributed by atoms with E-state index < -0.39 is 28.7 Å². The minimum atomic E-state index is -0.815. The van der Waals surface area contributed by atoms with Crippen LogP contribution in [-0.4, -0.2) is 48.9 Å². The molecule has 11 nitrogen and oxygen atoms in total. The number of carbonyl (C=O) groups excluding carboxylic acids is 3. The molecule has 2 N–H and O–H groups in total. The number of rotatable bonds is 4. The second-order valence-corrected chi connectivity index (χ2v) is 8.13. The minimum absolute atomic E-state index is 0.0322. The lowest BCUT2D eigenvalue weighted by molar-refractivity contribution is -0.132. The van der Waals surface area contributed by atoms with Crippen molar-refractivity contribution < 1.29 is 14.4 Å². The first-order valence-electron chi connectivity index (χ1n) is 10.2. The van der Waals surface area contributed by atoms with E-state index in [0.717, 1.165) is 28.7 Å². The number of amides is 4. The number of fused-ring (bicyclic) bond motifs is 1. The van der Waals surface area contributed by atoms with Gasteiger partial charge in [-0.2, -0.15) is 0 Å². The lowest BCUT2D eigenvalue weighted by atomic mass is 9.82. The maximum atomic E-state index is 12.8. The number of urea groups is 1. The van der Waals surface area contributed by atoms with Crippen LogP contribution >= 0.6 is 0 Å². The van der Waals surface area contributed by atoms with Gasteiger partial charge in [-0.3, -0.25) is 28.4 Å². The number of imide groups is 1. The van der Waals surface area contributed by atoms with Gasteiger partial charge in [0.2, 0.25) is 5.91 Å². The van der Waals surface area contributed by atoms with Crippen LogP contribution in [0.2, 0.25) is 0 Å². The standard InChI is InChI=1S/C20H24N6O5/c1-24-15-13(16(28)25(2)19(24)31)10-12(11-21-15)22-14(27)6-9-26-17(29)20(23-18(26)30)7-4-3-5-8-20/h10-11H,3-9H2,1-2H3,(H,22,27)(H,23,30). The molecule has 4 amide bonds. The third-order valence-corrected chi connectivity index (χ3v) is 6.09. The summed E-state index contributed by atoms with van der Waals surface area (Å²) >= 11 is 0. The molecule has 31 heavy (non-hydrogen) atoms. The van der Waals surface area contributed by atoms with Crippen molar-refractivity contribution in [2.24, 2.45) is 14.1 Å². The van der Waals surface area contributed by atoms with Gasteiger partial charge in [0.15, 0.2) is 0 Å². The molecule has 1 aliphatic carbocycles. The van der Waals surface area contributed by atoms with Gasteiger partial charge in [-0.05, 0) is 18.9 Å². The van der Waals surface area contributed by atoms with Crippen molar-refractivity contribution in [1.82, 2.24) is 24.3 Å². The molecule has 1 aliphatic heterocycles. The highest BCUT2D eigenvalue weighted by Crippen LogP contribution is 2.33. The third kappa shape index (κ3) is 3.49. The second-order valence-electron chi connectivity index (χ2n) is 8.13. The van der Waals surface area contributed by atoms with Crippen molar-refractivity contribution in [3.05, 3.63) is 33.1 Å². The lowest BCUT2D eigenvalue weighted by Gasteiger charge is -2.30. The summed E-state index contributed by atoms with van der Waals surface area (Å²) in [7, 11) is 2.87. The van der Waals surface area contributed by atoms with Gasteiger partial charge in [0.25, 0.3) is 11.5 Å². The van der Waals surface area contributed by atoms with Crippen LogP contribution in [0.15, 0.2) is 21.9 Å². The molecule has 0 bridgehead atoms. The summed E-state index contributed by atoms with van der Waals surface area (Å²) in [6.07, 6.45) is 5.34. The fourth-order valence-electron chi connectivity index (χ4n) is 4.34. The maximum Gasteiger partial charge on any atom is 0.332 e. The number of nitrogens with one attached hydrogen (secondary N) is 2. The molecular formula is C20H24N6O5. The quantitative estimate of drug-likeness (QED) is 0.669. The molecule has 1 spiro atoms. The predicted molar refractivity (Wildman–Crippen MR) is 112 cm³/mol. The summed E-state index contributed by atoms with van der Waals surface area (Å²) < 4.78 is 2.22. The molecule has 0 radical (unpaired) electrons. The van der Waals surface area contributed by atoms with Gasteiger partial charge < -0.3 is 10.6 Å². The maximum absolute atomic E-state index is 12.8. The lowest BCUT2D eigenvalue weighted by Crippen LogP contribution is -2.48. The Balaban J connectivity index is 1.45. The van der Waals surface area contributed by atoms with Crippen LogP contribution in [0.1, 0.15) is 38.5 Å². The van der Waals surface area contributed by atoms with Gasteiger partial charge in [0, 0.05) is 27.1 Å².